The van der Waals surface area contributed by atoms with Crippen LogP contribution in [0.2, 0.25) is 0 Å². The molecule has 2 atom stereocenters. The van der Waals surface area contributed by atoms with Gasteiger partial charge < -0.3 is 14.2 Å². The molecule has 1 aliphatic heterocycles. The van der Waals surface area contributed by atoms with E-state index in [1.54, 1.807) is 7.11 Å². The zero-order chi connectivity index (χ0) is 17.3. The summed E-state index contributed by atoms with van der Waals surface area (Å²) in [6, 6.07) is 0.306. The van der Waals surface area contributed by atoms with Crippen molar-refractivity contribution >= 4 is 12.2 Å². The van der Waals surface area contributed by atoms with Gasteiger partial charge in [-0.1, -0.05) is 6.92 Å². The third-order valence-electron chi connectivity index (χ3n) is 4.47. The Hall–Kier alpha value is -1.14. The molecule has 0 bridgehead atoms. The van der Waals surface area contributed by atoms with Gasteiger partial charge in [0.2, 0.25) is 0 Å². The second-order valence-corrected chi connectivity index (χ2v) is 6.52. The summed E-state index contributed by atoms with van der Waals surface area (Å²) in [5.74, 6) is -0.183. The average Bonchev–Trinajstić information content (AvgIpc) is 2.96. The average molecular weight is 328 g/mol. The minimum atomic E-state index is -0.580. The molecule has 0 amide bonds. The molecular formula is C17H32N2O4. The Morgan fingerprint density at radius 3 is 2.83 bits per heavy atom. The molecule has 0 aromatic heterocycles. The van der Waals surface area contributed by atoms with Crippen LogP contribution in [0.1, 0.15) is 40.5 Å². The summed E-state index contributed by atoms with van der Waals surface area (Å²) >= 11 is 0. The largest absolute Gasteiger partial charge is 0.466 e. The van der Waals surface area contributed by atoms with Crippen molar-refractivity contribution in [3.05, 3.63) is 0 Å². The number of hydrogen-bond acceptors (Lipinski definition) is 6. The molecule has 134 valence electrons. The highest BCUT2D eigenvalue weighted by molar-refractivity contribution is 5.81. The fraction of sp³-hybridized carbons (Fsp3) is 0.882. The van der Waals surface area contributed by atoms with E-state index in [1.807, 2.05) is 33.9 Å². The lowest BCUT2D eigenvalue weighted by Gasteiger charge is -2.28. The van der Waals surface area contributed by atoms with Gasteiger partial charge in [0.05, 0.1) is 37.9 Å². The highest BCUT2D eigenvalue weighted by Gasteiger charge is 2.35. The Kier molecular flexibility index (Phi) is 8.55. The first-order valence-electron chi connectivity index (χ1n) is 8.48. The van der Waals surface area contributed by atoms with Crippen molar-refractivity contribution in [3.8, 4) is 0 Å². The van der Waals surface area contributed by atoms with Crippen molar-refractivity contribution in [2.45, 2.75) is 46.6 Å². The minimum Gasteiger partial charge on any atom is -0.466 e. The van der Waals surface area contributed by atoms with Gasteiger partial charge in [-0.25, -0.2) is 0 Å². The van der Waals surface area contributed by atoms with Crippen LogP contribution < -0.4 is 0 Å². The lowest BCUT2D eigenvalue weighted by molar-refractivity contribution is -0.154. The quantitative estimate of drug-likeness (QED) is 0.350. The molecule has 1 fully saturated rings. The number of hydrazone groups is 1. The Balaban J connectivity index is 2.52. The molecule has 1 aliphatic rings. The van der Waals surface area contributed by atoms with Crippen molar-refractivity contribution in [1.29, 1.82) is 0 Å². The molecule has 1 saturated heterocycles. The summed E-state index contributed by atoms with van der Waals surface area (Å²) in [5, 5.41) is 6.68. The van der Waals surface area contributed by atoms with Gasteiger partial charge in [-0.15, -0.1) is 0 Å². The molecule has 1 rings (SSSR count). The molecule has 6 nitrogen and oxygen atoms in total. The first-order chi connectivity index (χ1) is 10.9. The van der Waals surface area contributed by atoms with Gasteiger partial charge in [-0.2, -0.15) is 5.10 Å². The number of esters is 1. The van der Waals surface area contributed by atoms with Crippen molar-refractivity contribution in [2.24, 2.45) is 16.4 Å². The number of carbonyl (C=O) groups excluding carboxylic acids is 1. The van der Waals surface area contributed by atoms with Crippen molar-refractivity contribution in [3.63, 3.8) is 0 Å². The fourth-order valence-corrected chi connectivity index (χ4v) is 2.38. The van der Waals surface area contributed by atoms with Crippen LogP contribution in [0, 0.1) is 11.3 Å². The maximum Gasteiger partial charge on any atom is 0.312 e. The molecule has 23 heavy (non-hydrogen) atoms. The molecule has 0 N–H and O–H groups in total. The summed E-state index contributed by atoms with van der Waals surface area (Å²) in [5.41, 5.74) is -0.580. The Labute approximate surface area is 140 Å². The van der Waals surface area contributed by atoms with Gasteiger partial charge in [-0.3, -0.25) is 9.80 Å². The van der Waals surface area contributed by atoms with E-state index in [2.05, 4.69) is 10.1 Å². The van der Waals surface area contributed by atoms with Crippen LogP contribution in [-0.2, 0) is 19.0 Å². The van der Waals surface area contributed by atoms with Gasteiger partial charge in [-0.05, 0) is 33.6 Å². The number of rotatable bonds is 10. The lowest BCUT2D eigenvalue weighted by Crippen LogP contribution is -2.35. The third kappa shape index (κ3) is 6.11. The number of carbonyl (C=O) groups is 1. The zero-order valence-corrected chi connectivity index (χ0v) is 15.2. The fourth-order valence-electron chi connectivity index (χ4n) is 2.38. The van der Waals surface area contributed by atoms with Crippen LogP contribution in [-0.4, -0.2) is 63.3 Å². The van der Waals surface area contributed by atoms with Gasteiger partial charge in [0.15, 0.2) is 0 Å². The van der Waals surface area contributed by atoms with E-state index in [-0.39, 0.29) is 11.9 Å². The predicted octanol–water partition coefficient (Wildman–Crippen LogP) is 2.33. The topological polar surface area (TPSA) is 60.4 Å². The molecule has 0 aliphatic carbocycles. The molecule has 0 unspecified atom stereocenters. The Morgan fingerprint density at radius 1 is 1.43 bits per heavy atom. The first kappa shape index (κ1) is 19.9. The van der Waals surface area contributed by atoms with E-state index in [1.165, 1.54) is 0 Å². The lowest BCUT2D eigenvalue weighted by atomic mass is 9.81. The van der Waals surface area contributed by atoms with Crippen LogP contribution in [0.5, 0.6) is 0 Å². The van der Waals surface area contributed by atoms with Crippen molar-refractivity contribution in [1.82, 2.24) is 5.01 Å². The zero-order valence-electron chi connectivity index (χ0n) is 15.2. The van der Waals surface area contributed by atoms with Crippen molar-refractivity contribution < 1.29 is 19.0 Å². The Morgan fingerprint density at radius 2 is 2.17 bits per heavy atom. The number of nitrogens with zero attached hydrogens (tertiary/aromatic N) is 2. The van der Waals surface area contributed by atoms with E-state index in [4.69, 9.17) is 14.2 Å². The Bertz CT molecular complexity index is 385. The predicted molar refractivity (Wildman–Crippen MR) is 90.5 cm³/mol. The van der Waals surface area contributed by atoms with E-state index in [0.29, 0.717) is 32.5 Å². The highest BCUT2D eigenvalue weighted by atomic mass is 16.5. The second-order valence-electron chi connectivity index (χ2n) is 6.52. The second kappa shape index (κ2) is 9.88. The van der Waals surface area contributed by atoms with Gasteiger partial charge in [0.25, 0.3) is 0 Å². The molecule has 0 aromatic rings. The number of methoxy groups -OCH3 is 1. The monoisotopic (exact) mass is 328 g/mol. The van der Waals surface area contributed by atoms with E-state index in [9.17, 15) is 4.79 Å². The molecule has 1 heterocycles. The number of hydrogen-bond donors (Lipinski definition) is 0. The standard InChI is InChI=1S/C17H32N2O4/c1-6-23-16(20)17(3,4)14(2)12-18-19-9-7-8-15(19)13-22-11-10-21-5/h12,14-15H,6-11,13H2,1-5H3/b18-12+/t14-,15-/m0/s1. The summed E-state index contributed by atoms with van der Waals surface area (Å²) in [4.78, 5) is 12.0. The van der Waals surface area contributed by atoms with Gasteiger partial charge in [0.1, 0.15) is 0 Å². The summed E-state index contributed by atoms with van der Waals surface area (Å²) < 4.78 is 15.7. The van der Waals surface area contributed by atoms with E-state index in [0.717, 1.165) is 19.4 Å². The third-order valence-corrected chi connectivity index (χ3v) is 4.47. The molecule has 0 aromatic carbocycles. The molecule has 0 saturated carbocycles. The van der Waals surface area contributed by atoms with Crippen LogP contribution >= 0.6 is 0 Å². The summed E-state index contributed by atoms with van der Waals surface area (Å²) in [6.45, 7) is 10.8. The SMILES string of the molecule is CCOC(=O)C(C)(C)[C@@H](C)/C=N/N1CCC[C@H]1COCCOC. The van der Waals surface area contributed by atoms with Gasteiger partial charge >= 0.3 is 5.97 Å². The number of ether oxygens (including phenoxy) is 3. The highest BCUT2D eigenvalue weighted by Crippen LogP contribution is 2.27. The summed E-state index contributed by atoms with van der Waals surface area (Å²) in [7, 11) is 1.67. The van der Waals surface area contributed by atoms with E-state index < -0.39 is 5.41 Å². The maximum absolute atomic E-state index is 12.0. The van der Waals surface area contributed by atoms with Crippen LogP contribution in [0.4, 0.5) is 0 Å². The molecule has 6 heteroatoms. The minimum absolute atomic E-state index is 0.00258. The van der Waals surface area contributed by atoms with Crippen LogP contribution in [0.15, 0.2) is 5.10 Å². The summed E-state index contributed by atoms with van der Waals surface area (Å²) in [6.07, 6.45) is 4.07. The smallest absolute Gasteiger partial charge is 0.312 e. The van der Waals surface area contributed by atoms with Crippen molar-refractivity contribution in [2.75, 3.05) is 40.1 Å². The normalized spacial score (nSPS) is 20.2. The van der Waals surface area contributed by atoms with Gasteiger partial charge in [0, 0.05) is 25.8 Å². The van der Waals surface area contributed by atoms with Crippen LogP contribution in [0.25, 0.3) is 0 Å². The van der Waals surface area contributed by atoms with Crippen LogP contribution in [0.3, 0.4) is 0 Å². The molecule has 0 spiro atoms. The maximum atomic E-state index is 12.0. The molecule has 0 radical (unpaired) electrons. The first-order valence-corrected chi connectivity index (χ1v) is 8.48. The molecular weight excluding hydrogens is 296 g/mol. The van der Waals surface area contributed by atoms with E-state index >= 15 is 0 Å².